The summed E-state index contributed by atoms with van der Waals surface area (Å²) in [5.74, 6) is 0. The Hall–Kier alpha value is -1.49. The van der Waals surface area contributed by atoms with Gasteiger partial charge in [0.2, 0.25) is 0 Å². The molecule has 0 spiro atoms. The summed E-state index contributed by atoms with van der Waals surface area (Å²) in [6.07, 6.45) is 5.36. The predicted molar refractivity (Wildman–Crippen MR) is 82.0 cm³/mol. The number of para-hydroxylation sites is 1. The van der Waals surface area contributed by atoms with E-state index in [-0.39, 0.29) is 5.41 Å². The van der Waals surface area contributed by atoms with Crippen molar-refractivity contribution >= 4 is 5.69 Å². The van der Waals surface area contributed by atoms with Gasteiger partial charge in [-0.3, -0.25) is 0 Å². The number of benzene rings is 1. The Balaban J connectivity index is 0.000000861. The first-order valence-corrected chi connectivity index (χ1v) is 7.40. The van der Waals surface area contributed by atoms with Gasteiger partial charge in [-0.2, -0.15) is 5.26 Å². The zero-order valence-corrected chi connectivity index (χ0v) is 12.4. The van der Waals surface area contributed by atoms with Gasteiger partial charge in [-0.05, 0) is 43.2 Å². The number of nitrogens with one attached hydrogen (secondary N) is 1. The van der Waals surface area contributed by atoms with E-state index in [1.807, 2.05) is 19.9 Å². The van der Waals surface area contributed by atoms with E-state index in [0.717, 1.165) is 12.8 Å². The Kier molecular flexibility index (Phi) is 6.42. The Morgan fingerprint density at radius 1 is 1.21 bits per heavy atom. The number of nitrogens with zero attached hydrogens (tertiary/aromatic N) is 1. The first kappa shape index (κ1) is 15.6. The minimum absolute atomic E-state index is 0.254. The molecule has 2 nitrogen and oxygen atoms in total. The van der Waals surface area contributed by atoms with Gasteiger partial charge in [-0.15, -0.1) is 0 Å². The molecular weight excluding hydrogens is 232 g/mol. The van der Waals surface area contributed by atoms with Crippen molar-refractivity contribution in [3.05, 3.63) is 30.3 Å². The molecule has 1 aliphatic rings. The highest BCUT2D eigenvalue weighted by molar-refractivity contribution is 5.43. The molecule has 1 fully saturated rings. The van der Waals surface area contributed by atoms with Crippen LogP contribution in [0.15, 0.2) is 30.3 Å². The Morgan fingerprint density at radius 3 is 2.32 bits per heavy atom. The van der Waals surface area contributed by atoms with E-state index in [1.54, 1.807) is 0 Å². The molecule has 1 aromatic rings. The number of hydrogen-bond donors (Lipinski definition) is 1. The van der Waals surface area contributed by atoms with Crippen LogP contribution in [0, 0.1) is 16.7 Å². The number of rotatable bonds is 3. The second kappa shape index (κ2) is 7.84. The van der Waals surface area contributed by atoms with Gasteiger partial charge in [0.05, 0.1) is 6.07 Å². The lowest BCUT2D eigenvalue weighted by Gasteiger charge is -2.36. The number of nitriles is 1. The van der Waals surface area contributed by atoms with Gasteiger partial charge >= 0.3 is 0 Å². The van der Waals surface area contributed by atoms with Crippen molar-refractivity contribution in [2.75, 3.05) is 5.32 Å². The van der Waals surface area contributed by atoms with Crippen LogP contribution in [0.5, 0.6) is 0 Å². The monoisotopic (exact) mass is 258 g/mol. The van der Waals surface area contributed by atoms with E-state index in [0.29, 0.717) is 12.5 Å². The first-order valence-electron chi connectivity index (χ1n) is 7.40. The largest absolute Gasteiger partial charge is 0.382 e. The van der Waals surface area contributed by atoms with Crippen molar-refractivity contribution < 1.29 is 0 Å². The summed E-state index contributed by atoms with van der Waals surface area (Å²) < 4.78 is 0. The van der Waals surface area contributed by atoms with Crippen LogP contribution in [0.4, 0.5) is 5.69 Å². The molecule has 2 rings (SSSR count). The minimum Gasteiger partial charge on any atom is -0.382 e. The second-order valence-corrected chi connectivity index (χ2v) is 5.43. The Labute approximate surface area is 117 Å². The fourth-order valence-electron chi connectivity index (χ4n) is 2.60. The van der Waals surface area contributed by atoms with E-state index in [2.05, 4.69) is 42.6 Å². The smallest absolute Gasteiger partial charge is 0.0627 e. The van der Waals surface area contributed by atoms with Crippen molar-refractivity contribution in [1.29, 1.82) is 5.26 Å². The molecule has 1 saturated carbocycles. The molecule has 0 unspecified atom stereocenters. The van der Waals surface area contributed by atoms with Crippen LogP contribution in [0.1, 0.15) is 52.9 Å². The third-order valence-corrected chi connectivity index (χ3v) is 3.84. The predicted octanol–water partition coefficient (Wildman–Crippen LogP) is 4.99. The van der Waals surface area contributed by atoms with Crippen molar-refractivity contribution in [3.63, 3.8) is 0 Å². The third kappa shape index (κ3) is 4.95. The molecule has 104 valence electrons. The van der Waals surface area contributed by atoms with Crippen LogP contribution in [0.2, 0.25) is 0 Å². The van der Waals surface area contributed by atoms with Crippen molar-refractivity contribution in [3.8, 4) is 6.07 Å². The maximum atomic E-state index is 8.82. The molecular formula is C17H26N2. The SMILES string of the molecule is CC.CC1(CC#N)CCC(Nc2ccccc2)CC1. The molecule has 0 heterocycles. The topological polar surface area (TPSA) is 35.8 Å². The van der Waals surface area contributed by atoms with Crippen LogP contribution >= 0.6 is 0 Å². The van der Waals surface area contributed by atoms with Gasteiger partial charge in [0, 0.05) is 18.2 Å². The maximum Gasteiger partial charge on any atom is 0.0627 e. The number of anilines is 1. The summed E-state index contributed by atoms with van der Waals surface area (Å²) in [7, 11) is 0. The summed E-state index contributed by atoms with van der Waals surface area (Å²) in [6, 6.07) is 13.3. The molecule has 0 bridgehead atoms. The molecule has 0 saturated heterocycles. The van der Waals surface area contributed by atoms with Crippen LogP contribution in [0.3, 0.4) is 0 Å². The maximum absolute atomic E-state index is 8.82. The van der Waals surface area contributed by atoms with E-state index in [9.17, 15) is 0 Å². The molecule has 1 N–H and O–H groups in total. The van der Waals surface area contributed by atoms with E-state index < -0.39 is 0 Å². The van der Waals surface area contributed by atoms with Crippen LogP contribution in [-0.4, -0.2) is 6.04 Å². The molecule has 0 atom stereocenters. The highest BCUT2D eigenvalue weighted by Crippen LogP contribution is 2.39. The van der Waals surface area contributed by atoms with Gasteiger partial charge in [-0.25, -0.2) is 0 Å². The van der Waals surface area contributed by atoms with Crippen molar-refractivity contribution in [1.82, 2.24) is 0 Å². The summed E-state index contributed by atoms with van der Waals surface area (Å²) in [5, 5.41) is 12.4. The fraction of sp³-hybridized carbons (Fsp3) is 0.588. The standard InChI is InChI=1S/C15H20N2.C2H6/c1-15(11-12-16)9-7-14(8-10-15)17-13-5-3-2-4-6-13;1-2/h2-6,14,17H,7-11H2,1H3;1-2H3. The lowest BCUT2D eigenvalue weighted by Crippen LogP contribution is -2.31. The Morgan fingerprint density at radius 2 is 1.79 bits per heavy atom. The highest BCUT2D eigenvalue weighted by atomic mass is 14.9. The molecule has 2 heteroatoms. The average molecular weight is 258 g/mol. The summed E-state index contributed by atoms with van der Waals surface area (Å²) in [4.78, 5) is 0. The molecule has 1 aromatic carbocycles. The third-order valence-electron chi connectivity index (χ3n) is 3.84. The lowest BCUT2D eigenvalue weighted by molar-refractivity contribution is 0.211. The van der Waals surface area contributed by atoms with Crippen LogP contribution < -0.4 is 5.32 Å². The van der Waals surface area contributed by atoms with Gasteiger partial charge < -0.3 is 5.32 Å². The van der Waals surface area contributed by atoms with Crippen molar-refractivity contribution in [2.24, 2.45) is 5.41 Å². The summed E-state index contributed by atoms with van der Waals surface area (Å²) in [6.45, 7) is 6.24. The van der Waals surface area contributed by atoms with Gasteiger partial charge in [0.1, 0.15) is 0 Å². The normalized spacial score (nSPS) is 25.7. The van der Waals surface area contributed by atoms with Gasteiger partial charge in [-0.1, -0.05) is 39.0 Å². The summed E-state index contributed by atoms with van der Waals surface area (Å²) in [5.41, 5.74) is 1.46. The molecule has 0 radical (unpaired) electrons. The van der Waals surface area contributed by atoms with E-state index >= 15 is 0 Å². The summed E-state index contributed by atoms with van der Waals surface area (Å²) >= 11 is 0. The zero-order valence-electron chi connectivity index (χ0n) is 12.4. The molecule has 19 heavy (non-hydrogen) atoms. The molecule has 0 amide bonds. The second-order valence-electron chi connectivity index (χ2n) is 5.43. The van der Waals surface area contributed by atoms with E-state index in [4.69, 9.17) is 5.26 Å². The van der Waals surface area contributed by atoms with Crippen LogP contribution in [0.25, 0.3) is 0 Å². The fourth-order valence-corrected chi connectivity index (χ4v) is 2.60. The number of hydrogen-bond acceptors (Lipinski definition) is 2. The quantitative estimate of drug-likeness (QED) is 0.829. The molecule has 1 aliphatic carbocycles. The van der Waals surface area contributed by atoms with E-state index in [1.165, 1.54) is 18.5 Å². The highest BCUT2D eigenvalue weighted by Gasteiger charge is 2.30. The average Bonchev–Trinajstić information content (AvgIpc) is 2.45. The van der Waals surface area contributed by atoms with Gasteiger partial charge in [0.25, 0.3) is 0 Å². The first-order chi connectivity index (χ1) is 9.22. The molecule has 0 aliphatic heterocycles. The minimum atomic E-state index is 0.254. The molecule has 0 aromatic heterocycles. The Bertz CT molecular complexity index is 383. The van der Waals surface area contributed by atoms with Crippen molar-refractivity contribution in [2.45, 2.75) is 58.9 Å². The van der Waals surface area contributed by atoms with Crippen LogP contribution in [-0.2, 0) is 0 Å². The zero-order chi connectivity index (χ0) is 14.1. The lowest BCUT2D eigenvalue weighted by atomic mass is 9.72. The van der Waals surface area contributed by atoms with Gasteiger partial charge in [0.15, 0.2) is 0 Å².